The van der Waals surface area contributed by atoms with Crippen molar-refractivity contribution >= 4 is 19.8 Å². The fourth-order valence-corrected chi connectivity index (χ4v) is 7.24. The molecule has 0 aromatic carbocycles. The molecule has 13 nitrogen and oxygen atoms in total. The van der Waals surface area contributed by atoms with E-state index in [9.17, 15) is 44.6 Å². The predicted molar refractivity (Wildman–Crippen MR) is 253 cm³/mol. The molecule has 14 heteroatoms. The maximum absolute atomic E-state index is 12.8. The highest BCUT2D eigenvalue weighted by molar-refractivity contribution is 7.47. The number of unbranched alkanes of at least 4 members (excludes halogenated alkanes) is 9. The standard InChI is InChI=1S/C50H79O13P/c1-3-5-7-9-11-13-15-17-18-19-20-21-22-23-24-25-27-28-30-32-34-36-38-43(51)60-40-42(41-61-64(58,59)63-50-48(56)46(54)45(53)47(55)49(50)57)62-44(52)39-37-35-33-31-29-26-16-14-12-10-8-6-4-2/h5-8,10-14,16-18,20-21,23-24,26,29,42,45-50,53-57H,3-4,9,15,19,22,25,27-28,30-41H2,1-2H3,(H,58,59)/b7-5+,8-6+,12-10+,13-11+,16-14+,18-17+,21-20+,24-23+,29-26+/t42?,45?,46-,47?,48?,49?,50?/m0/s1. The van der Waals surface area contributed by atoms with Gasteiger partial charge in [0.2, 0.25) is 0 Å². The smallest absolute Gasteiger partial charge is 0.462 e. The van der Waals surface area contributed by atoms with Crippen molar-refractivity contribution in [3.8, 4) is 0 Å². The Balaban J connectivity index is 2.46. The first kappa shape index (κ1) is 58.5. The van der Waals surface area contributed by atoms with Crippen LogP contribution in [0.5, 0.6) is 0 Å². The molecular formula is C50H79O13P. The second-order valence-electron chi connectivity index (χ2n) is 15.6. The predicted octanol–water partition coefficient (Wildman–Crippen LogP) is 9.22. The van der Waals surface area contributed by atoms with E-state index in [2.05, 4.69) is 80.7 Å². The van der Waals surface area contributed by atoms with Gasteiger partial charge in [0.05, 0.1) is 6.61 Å². The Hall–Kier alpha value is -3.49. The van der Waals surface area contributed by atoms with Gasteiger partial charge in [-0.05, 0) is 77.0 Å². The van der Waals surface area contributed by atoms with Gasteiger partial charge in [-0.1, -0.05) is 155 Å². The molecule has 7 unspecified atom stereocenters. The Kier molecular flexibility index (Phi) is 35.4. The summed E-state index contributed by atoms with van der Waals surface area (Å²) in [5.74, 6) is -1.18. The number of hydrogen-bond donors (Lipinski definition) is 6. The lowest BCUT2D eigenvalue weighted by Gasteiger charge is -2.41. The maximum atomic E-state index is 12.8. The van der Waals surface area contributed by atoms with E-state index in [1.54, 1.807) is 0 Å². The van der Waals surface area contributed by atoms with Crippen LogP contribution in [0.2, 0.25) is 0 Å². The van der Waals surface area contributed by atoms with Crippen molar-refractivity contribution in [1.82, 2.24) is 0 Å². The van der Waals surface area contributed by atoms with Crippen LogP contribution in [0.15, 0.2) is 109 Å². The van der Waals surface area contributed by atoms with Gasteiger partial charge >= 0.3 is 19.8 Å². The van der Waals surface area contributed by atoms with E-state index in [4.69, 9.17) is 18.5 Å². The molecule has 362 valence electrons. The highest BCUT2D eigenvalue weighted by Gasteiger charge is 2.51. The summed E-state index contributed by atoms with van der Waals surface area (Å²) in [6.07, 6.45) is 40.0. The van der Waals surface area contributed by atoms with Gasteiger partial charge < -0.3 is 39.9 Å². The summed E-state index contributed by atoms with van der Waals surface area (Å²) in [7, 11) is -5.14. The molecule has 1 rings (SSSR count). The minimum absolute atomic E-state index is 0.0400. The molecule has 8 atom stereocenters. The summed E-state index contributed by atoms with van der Waals surface area (Å²) in [5, 5.41) is 50.1. The molecule has 0 aliphatic heterocycles. The van der Waals surface area contributed by atoms with Gasteiger partial charge in [0, 0.05) is 12.8 Å². The average Bonchev–Trinajstić information content (AvgIpc) is 3.28. The number of rotatable bonds is 36. The largest absolute Gasteiger partial charge is 0.472 e. The van der Waals surface area contributed by atoms with Crippen LogP contribution in [-0.2, 0) is 32.7 Å². The average molecular weight is 919 g/mol. The van der Waals surface area contributed by atoms with Crippen LogP contribution < -0.4 is 0 Å². The van der Waals surface area contributed by atoms with Crippen LogP contribution in [0.1, 0.15) is 136 Å². The fraction of sp³-hybridized carbons (Fsp3) is 0.600. The molecule has 0 heterocycles. The number of aliphatic hydroxyl groups excluding tert-OH is 5. The van der Waals surface area contributed by atoms with Crippen molar-refractivity contribution in [2.75, 3.05) is 13.2 Å². The zero-order chi connectivity index (χ0) is 47.1. The zero-order valence-electron chi connectivity index (χ0n) is 38.3. The SMILES string of the molecule is CC/C=C/C=C/C=C/C=C/CCCCCC(=O)OC(COC(=O)CCCCCCCC/C=C/C/C=C/C/C=C/C/C=C/C/C=C/CC)COP(=O)(O)OC1C(O)C(O)C(O)[C@H](O)C1O. The van der Waals surface area contributed by atoms with E-state index >= 15 is 0 Å². The molecule has 0 aromatic heterocycles. The van der Waals surface area contributed by atoms with Crippen molar-refractivity contribution < 1.29 is 63.1 Å². The Bertz CT molecular complexity index is 1530. The van der Waals surface area contributed by atoms with Crippen molar-refractivity contribution in [3.05, 3.63) is 109 Å². The van der Waals surface area contributed by atoms with Crippen molar-refractivity contribution in [1.29, 1.82) is 0 Å². The zero-order valence-corrected chi connectivity index (χ0v) is 39.2. The Morgan fingerprint density at radius 3 is 1.48 bits per heavy atom. The number of phosphoric ester groups is 1. The van der Waals surface area contributed by atoms with Gasteiger partial charge in [0.25, 0.3) is 0 Å². The number of carbonyl (C=O) groups excluding carboxylic acids is 2. The van der Waals surface area contributed by atoms with Gasteiger partial charge in [-0.2, -0.15) is 0 Å². The number of aliphatic hydroxyl groups is 5. The molecule has 0 radical (unpaired) electrons. The lowest BCUT2D eigenvalue weighted by molar-refractivity contribution is -0.220. The van der Waals surface area contributed by atoms with E-state index in [0.717, 1.165) is 96.3 Å². The van der Waals surface area contributed by atoms with Crippen LogP contribution in [0.25, 0.3) is 0 Å². The highest BCUT2D eigenvalue weighted by atomic mass is 31.2. The monoisotopic (exact) mass is 919 g/mol. The summed E-state index contributed by atoms with van der Waals surface area (Å²) < 4.78 is 33.5. The third kappa shape index (κ3) is 30.6. The number of ether oxygens (including phenoxy) is 2. The van der Waals surface area contributed by atoms with Gasteiger partial charge in [-0.3, -0.25) is 18.6 Å². The third-order valence-electron chi connectivity index (χ3n) is 9.95. The molecule has 6 N–H and O–H groups in total. The van der Waals surface area contributed by atoms with E-state index in [1.807, 2.05) is 42.5 Å². The first-order valence-corrected chi connectivity index (χ1v) is 24.7. The van der Waals surface area contributed by atoms with Crippen LogP contribution in [0.4, 0.5) is 0 Å². The van der Waals surface area contributed by atoms with Crippen LogP contribution in [0, 0.1) is 0 Å². The Morgan fingerprint density at radius 1 is 0.500 bits per heavy atom. The third-order valence-corrected chi connectivity index (χ3v) is 10.9. The topological polar surface area (TPSA) is 210 Å². The summed E-state index contributed by atoms with van der Waals surface area (Å²) in [5.41, 5.74) is 0. The normalized spacial score (nSPS) is 22.6. The molecule has 1 aliphatic carbocycles. The van der Waals surface area contributed by atoms with Gasteiger partial charge in [-0.15, -0.1) is 0 Å². The molecular weight excluding hydrogens is 840 g/mol. The van der Waals surface area contributed by atoms with E-state index < -0.39 is 75.7 Å². The Labute approximate surface area is 383 Å². The molecule has 0 spiro atoms. The van der Waals surface area contributed by atoms with E-state index in [1.165, 1.54) is 0 Å². The molecule has 1 fully saturated rings. The van der Waals surface area contributed by atoms with Crippen molar-refractivity contribution in [3.63, 3.8) is 0 Å². The molecule has 1 aliphatic rings. The van der Waals surface area contributed by atoms with Crippen molar-refractivity contribution in [2.24, 2.45) is 0 Å². The van der Waals surface area contributed by atoms with E-state index in [0.29, 0.717) is 12.8 Å². The molecule has 0 amide bonds. The molecule has 64 heavy (non-hydrogen) atoms. The van der Waals surface area contributed by atoms with Gasteiger partial charge in [0.15, 0.2) is 6.10 Å². The Morgan fingerprint density at radius 2 is 0.922 bits per heavy atom. The lowest BCUT2D eigenvalue weighted by atomic mass is 9.85. The summed E-state index contributed by atoms with van der Waals surface area (Å²) in [4.78, 5) is 35.7. The van der Waals surface area contributed by atoms with Crippen LogP contribution in [0.3, 0.4) is 0 Å². The fourth-order valence-electron chi connectivity index (χ4n) is 6.26. The number of carbonyl (C=O) groups is 2. The molecule has 0 bridgehead atoms. The lowest BCUT2D eigenvalue weighted by Crippen LogP contribution is -2.64. The first-order chi connectivity index (χ1) is 30.9. The number of phosphoric acid groups is 1. The molecule has 0 saturated heterocycles. The molecule has 1 saturated carbocycles. The minimum Gasteiger partial charge on any atom is -0.462 e. The van der Waals surface area contributed by atoms with Gasteiger partial charge in [0.1, 0.15) is 43.2 Å². The second kappa shape index (κ2) is 38.7. The number of hydrogen-bond acceptors (Lipinski definition) is 12. The number of allylic oxidation sites excluding steroid dienone is 18. The van der Waals surface area contributed by atoms with Gasteiger partial charge in [-0.25, -0.2) is 4.57 Å². The second-order valence-corrected chi connectivity index (χ2v) is 17.0. The summed E-state index contributed by atoms with van der Waals surface area (Å²) in [6.45, 7) is 2.97. The maximum Gasteiger partial charge on any atom is 0.472 e. The highest BCUT2D eigenvalue weighted by Crippen LogP contribution is 2.47. The minimum atomic E-state index is -5.14. The number of esters is 2. The van der Waals surface area contributed by atoms with Crippen molar-refractivity contribution in [2.45, 2.75) is 179 Å². The van der Waals surface area contributed by atoms with Crippen LogP contribution in [-0.4, -0.2) is 98.3 Å². The quantitative estimate of drug-likeness (QED) is 0.0114. The molecule has 0 aromatic rings. The summed E-state index contributed by atoms with van der Waals surface area (Å²) in [6, 6.07) is 0. The first-order valence-electron chi connectivity index (χ1n) is 23.2. The van der Waals surface area contributed by atoms with E-state index in [-0.39, 0.29) is 12.8 Å². The summed E-state index contributed by atoms with van der Waals surface area (Å²) >= 11 is 0. The van der Waals surface area contributed by atoms with Crippen LogP contribution >= 0.6 is 7.82 Å².